The van der Waals surface area contributed by atoms with Crippen LogP contribution in [-0.2, 0) is 9.59 Å². The van der Waals surface area contributed by atoms with Gasteiger partial charge in [0.15, 0.2) is 0 Å². The average Bonchev–Trinajstić information content (AvgIpc) is 3.29. The number of phenols is 1. The molecule has 2 aliphatic rings. The van der Waals surface area contributed by atoms with Crippen molar-refractivity contribution >= 4 is 34.8 Å². The number of fused-ring (bicyclic) bond motifs is 1. The van der Waals surface area contributed by atoms with E-state index in [1.807, 2.05) is 70.2 Å². The van der Waals surface area contributed by atoms with Crippen LogP contribution in [0.2, 0.25) is 0 Å². The molecule has 1 heterocycles. The molecule has 9 heteroatoms. The highest BCUT2D eigenvalue weighted by Gasteiger charge is 2.55. The van der Waals surface area contributed by atoms with Crippen LogP contribution in [0.3, 0.4) is 0 Å². The number of nitro groups is 1. The van der Waals surface area contributed by atoms with Crippen LogP contribution in [0.5, 0.6) is 5.75 Å². The fourth-order valence-electron chi connectivity index (χ4n) is 7.12. The van der Waals surface area contributed by atoms with Crippen molar-refractivity contribution in [3.63, 3.8) is 0 Å². The number of amides is 2. The van der Waals surface area contributed by atoms with E-state index in [0.717, 1.165) is 38.3 Å². The highest BCUT2D eigenvalue weighted by atomic mass is 16.6. The molecule has 4 atom stereocenters. The fourth-order valence-corrected chi connectivity index (χ4v) is 7.12. The third-order valence-electron chi connectivity index (χ3n) is 9.36. The molecule has 0 unspecified atom stereocenters. The van der Waals surface area contributed by atoms with Gasteiger partial charge >= 0.3 is 0 Å². The first kappa shape index (κ1) is 32.8. The highest BCUT2D eigenvalue weighted by molar-refractivity contribution is 6.22. The van der Waals surface area contributed by atoms with Crippen LogP contribution in [0.25, 0.3) is 11.6 Å². The van der Waals surface area contributed by atoms with E-state index in [-0.39, 0.29) is 29.5 Å². The van der Waals surface area contributed by atoms with Crippen molar-refractivity contribution in [1.82, 2.24) is 0 Å². The summed E-state index contributed by atoms with van der Waals surface area (Å²) in [6.45, 7) is 7.22. The van der Waals surface area contributed by atoms with Gasteiger partial charge in [-0.05, 0) is 90.6 Å². The number of hydrogen-bond donors (Lipinski definition) is 3. The van der Waals surface area contributed by atoms with Crippen molar-refractivity contribution in [2.45, 2.75) is 53.1 Å². The van der Waals surface area contributed by atoms with E-state index in [1.54, 1.807) is 0 Å². The lowest BCUT2D eigenvalue weighted by molar-refractivity contribution is -0.384. The first-order chi connectivity index (χ1) is 21.9. The van der Waals surface area contributed by atoms with Gasteiger partial charge in [0.1, 0.15) is 5.75 Å². The zero-order valence-corrected chi connectivity index (χ0v) is 26.5. The number of nitrogens with zero attached hydrogens (tertiary/aromatic N) is 2. The Morgan fingerprint density at radius 2 is 1.70 bits per heavy atom. The lowest BCUT2D eigenvalue weighted by atomic mass is 9.66. The predicted octanol–water partition coefficient (Wildman–Crippen LogP) is 6.37. The average molecular weight is 625 g/mol. The maximum absolute atomic E-state index is 13.9. The van der Waals surface area contributed by atoms with Gasteiger partial charge in [-0.25, -0.2) is 4.90 Å². The number of carbonyl (C=O) groups is 2. The van der Waals surface area contributed by atoms with E-state index >= 15 is 0 Å². The number of carbonyl (C=O) groups excluding carboxylic acids is 2. The Balaban J connectivity index is 1.47. The third-order valence-corrected chi connectivity index (χ3v) is 9.36. The quantitative estimate of drug-likeness (QED) is 0.0783. The largest absolute Gasteiger partial charge is 0.507 e. The van der Waals surface area contributed by atoms with E-state index in [0.29, 0.717) is 18.4 Å². The monoisotopic (exact) mass is 624 g/mol. The number of nitro benzene ring substituents is 1. The second kappa shape index (κ2) is 13.4. The summed E-state index contributed by atoms with van der Waals surface area (Å²) in [7, 11) is 0. The van der Waals surface area contributed by atoms with Crippen molar-refractivity contribution in [2.24, 2.45) is 23.7 Å². The minimum Gasteiger partial charge on any atom is -0.507 e. The van der Waals surface area contributed by atoms with Crippen LogP contribution in [0, 0.1) is 47.6 Å². The molecule has 0 spiro atoms. The van der Waals surface area contributed by atoms with Crippen LogP contribution in [0.1, 0.15) is 55.4 Å². The molecule has 3 N–H and O–H groups in total. The summed E-state index contributed by atoms with van der Waals surface area (Å²) < 4.78 is 0. The number of imide groups is 1. The summed E-state index contributed by atoms with van der Waals surface area (Å²) in [6, 6.07) is 19.1. The second-order valence-electron chi connectivity index (χ2n) is 12.6. The number of benzene rings is 3. The number of rotatable bonds is 10. The predicted molar refractivity (Wildman–Crippen MR) is 177 cm³/mol. The summed E-state index contributed by atoms with van der Waals surface area (Å²) in [6.07, 6.45) is 2.12. The molecule has 3 aromatic carbocycles. The Morgan fingerprint density at radius 3 is 2.30 bits per heavy atom. The van der Waals surface area contributed by atoms with Gasteiger partial charge in [0.2, 0.25) is 11.8 Å². The van der Waals surface area contributed by atoms with E-state index in [2.05, 4.69) is 6.08 Å². The summed E-state index contributed by atoms with van der Waals surface area (Å²) in [5.74, 6) is -3.18. The number of allylic oxidation sites excluding steroid dienone is 2. The van der Waals surface area contributed by atoms with E-state index in [9.17, 15) is 35.0 Å². The number of hydrogen-bond acceptors (Lipinski definition) is 7. The number of aliphatic hydroxyl groups is 2. The maximum atomic E-state index is 13.9. The fraction of sp³-hybridized carbons (Fsp3) is 0.351. The van der Waals surface area contributed by atoms with Crippen molar-refractivity contribution < 1.29 is 29.8 Å². The van der Waals surface area contributed by atoms with Crippen LogP contribution in [0.4, 0.5) is 11.4 Å². The van der Waals surface area contributed by atoms with Gasteiger partial charge in [-0.3, -0.25) is 19.7 Å². The molecule has 0 aromatic heterocycles. The van der Waals surface area contributed by atoms with Crippen LogP contribution in [-0.4, -0.2) is 44.8 Å². The Kier molecular flexibility index (Phi) is 9.55. The highest BCUT2D eigenvalue weighted by Crippen LogP contribution is 2.49. The zero-order chi connectivity index (χ0) is 33.3. The Morgan fingerprint density at radius 1 is 1.02 bits per heavy atom. The zero-order valence-electron chi connectivity index (χ0n) is 26.5. The Bertz CT molecular complexity index is 1700. The smallest absolute Gasteiger partial charge is 0.271 e. The van der Waals surface area contributed by atoms with E-state index < -0.39 is 47.2 Å². The minimum atomic E-state index is -0.985. The first-order valence-electron chi connectivity index (χ1n) is 15.6. The number of phenolic OH excluding ortho intramolecular Hbond substituents is 1. The number of aryl methyl sites for hydroxylation is 2. The SMILES string of the molecule is Cc1cc(/C=C(/CC[C@@H](O)C2=C(C(C)C)C[C@H]3C(=O)N(c4cccc([N+](=O)[O-])c4)C(=O)[C@H]3[C@H]2CO)c2ccccc2)cc(C)c1O. The number of aromatic hydroxyl groups is 1. The molecular weight excluding hydrogens is 584 g/mol. The number of anilines is 1. The minimum absolute atomic E-state index is 0.0542. The number of aliphatic hydroxyl groups excluding tert-OH is 2. The van der Waals surface area contributed by atoms with Gasteiger partial charge in [0, 0.05) is 18.1 Å². The molecule has 0 saturated carbocycles. The van der Waals surface area contributed by atoms with Gasteiger partial charge in [-0.2, -0.15) is 0 Å². The summed E-state index contributed by atoms with van der Waals surface area (Å²) in [5, 5.41) is 44.2. The molecule has 1 aliphatic carbocycles. The molecule has 1 saturated heterocycles. The molecule has 9 nitrogen and oxygen atoms in total. The molecule has 46 heavy (non-hydrogen) atoms. The summed E-state index contributed by atoms with van der Waals surface area (Å²) >= 11 is 0. The topological polar surface area (TPSA) is 141 Å². The molecule has 240 valence electrons. The summed E-state index contributed by atoms with van der Waals surface area (Å²) in [4.78, 5) is 39.4. The summed E-state index contributed by atoms with van der Waals surface area (Å²) in [5.41, 5.74) is 5.77. The van der Waals surface area contributed by atoms with E-state index in [4.69, 9.17) is 0 Å². The normalized spacial score (nSPS) is 20.8. The van der Waals surface area contributed by atoms with Crippen molar-refractivity contribution in [1.29, 1.82) is 0 Å². The van der Waals surface area contributed by atoms with Crippen molar-refractivity contribution in [2.75, 3.05) is 11.5 Å². The van der Waals surface area contributed by atoms with Crippen LogP contribution >= 0.6 is 0 Å². The molecule has 0 radical (unpaired) electrons. The van der Waals surface area contributed by atoms with Gasteiger partial charge in [0.25, 0.3) is 5.69 Å². The van der Waals surface area contributed by atoms with Crippen molar-refractivity contribution in [3.05, 3.63) is 110 Å². The first-order valence-corrected chi connectivity index (χ1v) is 15.6. The Hall–Kier alpha value is -4.60. The van der Waals surface area contributed by atoms with E-state index in [1.165, 1.54) is 24.3 Å². The molecule has 0 bridgehead atoms. The molecular formula is C37H40N2O7. The lowest BCUT2D eigenvalue weighted by Crippen LogP contribution is -2.39. The van der Waals surface area contributed by atoms with Gasteiger partial charge < -0.3 is 15.3 Å². The second-order valence-corrected chi connectivity index (χ2v) is 12.6. The standard InChI is InChI=1S/C37H40N2O7/c1-21(2)29-19-30-34(37(44)38(36(30)43)27-11-8-12-28(18-27)39(45)46)31(20-40)33(29)32(41)14-13-26(25-9-6-5-7-10-25)17-24-15-22(3)35(42)23(4)16-24/h5-12,15-18,21,30-32,34,40-42H,13-14,19-20H2,1-4H3/b26-17-/t30-,31+,32-,34-/m1/s1. The maximum Gasteiger partial charge on any atom is 0.271 e. The van der Waals surface area contributed by atoms with Gasteiger partial charge in [-0.1, -0.05) is 61.9 Å². The molecule has 1 aliphatic heterocycles. The van der Waals surface area contributed by atoms with Crippen LogP contribution < -0.4 is 4.90 Å². The molecule has 5 rings (SSSR count). The lowest BCUT2D eigenvalue weighted by Gasteiger charge is -2.38. The third kappa shape index (κ3) is 6.25. The molecule has 3 aromatic rings. The van der Waals surface area contributed by atoms with Crippen LogP contribution in [0.15, 0.2) is 77.9 Å². The molecule has 1 fully saturated rings. The Labute approximate surface area is 268 Å². The van der Waals surface area contributed by atoms with Gasteiger partial charge in [0.05, 0.1) is 35.2 Å². The van der Waals surface area contributed by atoms with Gasteiger partial charge in [-0.15, -0.1) is 0 Å². The molecule has 2 amide bonds. The number of non-ortho nitro benzene ring substituents is 1. The van der Waals surface area contributed by atoms with Crippen molar-refractivity contribution in [3.8, 4) is 5.75 Å².